The van der Waals surface area contributed by atoms with Crippen molar-refractivity contribution in [3.05, 3.63) is 48.0 Å². The Balaban J connectivity index is 1.63. The number of benzene rings is 2. The van der Waals surface area contributed by atoms with Crippen molar-refractivity contribution in [1.82, 2.24) is 14.9 Å². The summed E-state index contributed by atoms with van der Waals surface area (Å²) in [5.74, 6) is 0.158. The van der Waals surface area contributed by atoms with Gasteiger partial charge in [0.25, 0.3) is 11.8 Å². The molecule has 1 aromatic heterocycles. The highest BCUT2D eigenvalue weighted by Crippen LogP contribution is 2.28. The van der Waals surface area contributed by atoms with E-state index < -0.39 is 5.91 Å². The van der Waals surface area contributed by atoms with Crippen LogP contribution in [0.2, 0.25) is 0 Å². The molecule has 3 aromatic rings. The van der Waals surface area contributed by atoms with Crippen LogP contribution >= 0.6 is 0 Å². The summed E-state index contributed by atoms with van der Waals surface area (Å²) < 4.78 is 11.2. The van der Waals surface area contributed by atoms with Gasteiger partial charge in [0, 0.05) is 18.7 Å². The molecule has 0 aliphatic heterocycles. The molecule has 3 rings (SSSR count). The fourth-order valence-corrected chi connectivity index (χ4v) is 2.96. The van der Waals surface area contributed by atoms with Gasteiger partial charge in [-0.2, -0.15) is 0 Å². The van der Waals surface area contributed by atoms with Gasteiger partial charge in [-0.15, -0.1) is 0 Å². The quantitative estimate of drug-likeness (QED) is 0.484. The summed E-state index contributed by atoms with van der Waals surface area (Å²) in [6.45, 7) is 4.38. The maximum Gasteiger partial charge on any atom is 0.264 e. The van der Waals surface area contributed by atoms with E-state index in [4.69, 9.17) is 9.47 Å². The lowest BCUT2D eigenvalue weighted by atomic mass is 10.2. The molecule has 9 nitrogen and oxygen atoms in total. The number of hydrogen-bond acceptors (Lipinski definition) is 6. The number of hydrogen-bond donors (Lipinski definition) is 2. The van der Waals surface area contributed by atoms with E-state index in [0.29, 0.717) is 30.9 Å². The number of amides is 2. The first-order valence-electron chi connectivity index (χ1n) is 9.91. The number of rotatable bonds is 10. The molecule has 0 unspecified atom stereocenters. The number of anilines is 1. The lowest BCUT2D eigenvalue weighted by molar-refractivity contribution is -0.133. The SMILES string of the molecule is CCN(CC)C(=O)COc1cc(C=O)ccc1OCC(=O)Nc1nc2ccccc2[nH]1. The van der Waals surface area contributed by atoms with E-state index in [-0.39, 0.29) is 30.6 Å². The minimum absolute atomic E-state index is 0.185. The van der Waals surface area contributed by atoms with E-state index in [1.165, 1.54) is 12.1 Å². The highest BCUT2D eigenvalue weighted by molar-refractivity contribution is 5.92. The number of likely N-dealkylation sites (N-methyl/N-ethyl adjacent to an activating group) is 1. The molecule has 162 valence electrons. The standard InChI is InChI=1S/C22H24N4O5/c1-3-26(4-2)21(29)14-31-19-11-15(12-27)9-10-18(19)30-13-20(28)25-22-23-16-7-5-6-8-17(16)24-22/h5-12H,3-4,13-14H2,1-2H3,(H2,23,24,25,28). The number of ether oxygens (including phenoxy) is 2. The average Bonchev–Trinajstić information content (AvgIpc) is 3.19. The second kappa shape index (κ2) is 10.2. The van der Waals surface area contributed by atoms with Gasteiger partial charge in [0.2, 0.25) is 5.95 Å². The molecule has 2 N–H and O–H groups in total. The molecule has 0 bridgehead atoms. The van der Waals surface area contributed by atoms with Gasteiger partial charge in [-0.3, -0.25) is 19.7 Å². The highest BCUT2D eigenvalue weighted by Gasteiger charge is 2.15. The summed E-state index contributed by atoms with van der Waals surface area (Å²) in [5.41, 5.74) is 1.90. The van der Waals surface area contributed by atoms with Crippen LogP contribution in [0.1, 0.15) is 24.2 Å². The van der Waals surface area contributed by atoms with E-state index in [2.05, 4.69) is 15.3 Å². The van der Waals surface area contributed by atoms with Gasteiger partial charge in [0.05, 0.1) is 11.0 Å². The Morgan fingerprint density at radius 3 is 2.52 bits per heavy atom. The topological polar surface area (TPSA) is 114 Å². The Morgan fingerprint density at radius 1 is 1.06 bits per heavy atom. The molecule has 2 amide bonds. The second-order valence-corrected chi connectivity index (χ2v) is 6.62. The van der Waals surface area contributed by atoms with Gasteiger partial charge in [-0.05, 0) is 44.2 Å². The van der Waals surface area contributed by atoms with Crippen molar-refractivity contribution in [1.29, 1.82) is 0 Å². The van der Waals surface area contributed by atoms with Crippen molar-refractivity contribution in [2.24, 2.45) is 0 Å². The number of fused-ring (bicyclic) bond motifs is 1. The van der Waals surface area contributed by atoms with Crippen LogP contribution in [0.15, 0.2) is 42.5 Å². The van der Waals surface area contributed by atoms with Gasteiger partial charge < -0.3 is 19.4 Å². The highest BCUT2D eigenvalue weighted by atomic mass is 16.5. The molecule has 0 saturated heterocycles. The van der Waals surface area contributed by atoms with E-state index in [9.17, 15) is 14.4 Å². The third-order valence-electron chi connectivity index (χ3n) is 4.58. The molecular formula is C22H24N4O5. The summed E-state index contributed by atoms with van der Waals surface area (Å²) in [5, 5.41) is 2.64. The van der Waals surface area contributed by atoms with E-state index in [0.717, 1.165) is 11.0 Å². The molecule has 31 heavy (non-hydrogen) atoms. The molecule has 0 aliphatic carbocycles. The minimum atomic E-state index is -0.427. The van der Waals surface area contributed by atoms with Crippen molar-refractivity contribution in [2.75, 3.05) is 31.6 Å². The second-order valence-electron chi connectivity index (χ2n) is 6.62. The molecule has 0 saturated carbocycles. The number of imidazole rings is 1. The number of para-hydroxylation sites is 2. The molecule has 0 atom stereocenters. The van der Waals surface area contributed by atoms with Crippen LogP contribution in [0.3, 0.4) is 0 Å². The Morgan fingerprint density at radius 2 is 1.81 bits per heavy atom. The number of carbonyl (C=O) groups excluding carboxylic acids is 3. The largest absolute Gasteiger partial charge is 0.480 e. The first-order chi connectivity index (χ1) is 15.0. The first kappa shape index (κ1) is 21.8. The maximum atomic E-state index is 12.3. The Kier molecular flexibility index (Phi) is 7.21. The summed E-state index contributed by atoms with van der Waals surface area (Å²) >= 11 is 0. The fraction of sp³-hybridized carbons (Fsp3) is 0.273. The molecule has 9 heteroatoms. The predicted octanol–water partition coefficient (Wildman–Crippen LogP) is 2.64. The van der Waals surface area contributed by atoms with Crippen molar-refractivity contribution in [3.8, 4) is 11.5 Å². The van der Waals surface area contributed by atoms with Crippen LogP contribution in [0.25, 0.3) is 11.0 Å². The average molecular weight is 424 g/mol. The minimum Gasteiger partial charge on any atom is -0.480 e. The van der Waals surface area contributed by atoms with Crippen molar-refractivity contribution in [2.45, 2.75) is 13.8 Å². The third-order valence-corrected chi connectivity index (χ3v) is 4.58. The molecule has 0 aliphatic rings. The van der Waals surface area contributed by atoms with Gasteiger partial charge in [-0.1, -0.05) is 12.1 Å². The maximum absolute atomic E-state index is 12.3. The summed E-state index contributed by atoms with van der Waals surface area (Å²) in [4.78, 5) is 44.5. The summed E-state index contributed by atoms with van der Waals surface area (Å²) in [7, 11) is 0. The van der Waals surface area contributed by atoms with E-state index in [1.54, 1.807) is 11.0 Å². The normalized spacial score (nSPS) is 10.5. The molecular weight excluding hydrogens is 400 g/mol. The molecule has 0 spiro atoms. The number of aromatic nitrogens is 2. The van der Waals surface area contributed by atoms with E-state index in [1.807, 2.05) is 38.1 Å². The monoisotopic (exact) mass is 424 g/mol. The lowest BCUT2D eigenvalue weighted by Gasteiger charge is -2.19. The number of carbonyl (C=O) groups is 3. The van der Waals surface area contributed by atoms with Crippen LogP contribution in [0.4, 0.5) is 5.95 Å². The van der Waals surface area contributed by atoms with Crippen molar-refractivity contribution >= 4 is 35.1 Å². The third kappa shape index (κ3) is 5.59. The molecule has 2 aromatic carbocycles. The zero-order valence-electron chi connectivity index (χ0n) is 17.4. The Labute approximate surface area is 179 Å². The Hall–Kier alpha value is -3.88. The Bertz CT molecular complexity index is 1040. The zero-order chi connectivity index (χ0) is 22.2. The van der Waals surface area contributed by atoms with Crippen molar-refractivity contribution < 1.29 is 23.9 Å². The smallest absolute Gasteiger partial charge is 0.264 e. The predicted molar refractivity (Wildman–Crippen MR) is 115 cm³/mol. The van der Waals surface area contributed by atoms with Crippen LogP contribution in [0.5, 0.6) is 11.5 Å². The lowest BCUT2D eigenvalue weighted by Crippen LogP contribution is -2.34. The van der Waals surface area contributed by atoms with Crippen LogP contribution in [-0.4, -0.2) is 59.3 Å². The van der Waals surface area contributed by atoms with Gasteiger partial charge in [0.1, 0.15) is 6.29 Å². The van der Waals surface area contributed by atoms with Crippen LogP contribution in [-0.2, 0) is 9.59 Å². The summed E-state index contributed by atoms with van der Waals surface area (Å²) in [6.07, 6.45) is 0.664. The fourth-order valence-electron chi connectivity index (χ4n) is 2.96. The molecule has 0 fully saturated rings. The number of aldehydes is 1. The summed E-state index contributed by atoms with van der Waals surface area (Å²) in [6, 6.07) is 11.9. The molecule has 0 radical (unpaired) electrons. The first-order valence-corrected chi connectivity index (χ1v) is 9.91. The van der Waals surface area contributed by atoms with Crippen LogP contribution in [0, 0.1) is 0 Å². The number of H-pyrrole nitrogens is 1. The van der Waals surface area contributed by atoms with Gasteiger partial charge in [0.15, 0.2) is 24.7 Å². The van der Waals surface area contributed by atoms with Gasteiger partial charge in [-0.25, -0.2) is 4.98 Å². The number of aromatic amines is 1. The zero-order valence-corrected chi connectivity index (χ0v) is 17.4. The number of nitrogens with zero attached hydrogens (tertiary/aromatic N) is 2. The van der Waals surface area contributed by atoms with Crippen LogP contribution < -0.4 is 14.8 Å². The molecule has 1 heterocycles. The van der Waals surface area contributed by atoms with Crippen molar-refractivity contribution in [3.63, 3.8) is 0 Å². The number of nitrogens with one attached hydrogen (secondary N) is 2. The van der Waals surface area contributed by atoms with E-state index >= 15 is 0 Å². The van der Waals surface area contributed by atoms with Gasteiger partial charge >= 0.3 is 0 Å².